The first-order valence-corrected chi connectivity index (χ1v) is 12.0. The molecule has 2 heterocycles. The van der Waals surface area contributed by atoms with Crippen LogP contribution in [-0.2, 0) is 24.2 Å². The lowest BCUT2D eigenvalue weighted by molar-refractivity contribution is 0.0601. The van der Waals surface area contributed by atoms with Gasteiger partial charge in [0.25, 0.3) is 5.91 Å². The monoisotopic (exact) mass is 455 g/mol. The van der Waals surface area contributed by atoms with Crippen molar-refractivity contribution >= 4 is 39.6 Å². The Labute approximate surface area is 190 Å². The lowest BCUT2D eigenvalue weighted by atomic mass is 9.95. The van der Waals surface area contributed by atoms with E-state index in [2.05, 4.69) is 18.3 Å². The SMILES string of the molecule is COC(=O)c1c(NC(=O)c2cc(COc3ccc(C)cc3C)cs2)sc2c1CCCC2. The predicted molar refractivity (Wildman–Crippen MR) is 125 cm³/mol. The summed E-state index contributed by atoms with van der Waals surface area (Å²) in [7, 11) is 1.38. The van der Waals surface area contributed by atoms with E-state index in [1.165, 1.54) is 40.2 Å². The van der Waals surface area contributed by atoms with Crippen LogP contribution in [0.3, 0.4) is 0 Å². The molecular formula is C24H25NO4S2. The number of carbonyl (C=O) groups is 2. The van der Waals surface area contributed by atoms with Crippen molar-refractivity contribution in [2.45, 2.75) is 46.1 Å². The molecule has 3 aromatic rings. The van der Waals surface area contributed by atoms with Gasteiger partial charge in [0, 0.05) is 10.4 Å². The molecule has 0 aliphatic heterocycles. The zero-order valence-electron chi connectivity index (χ0n) is 17.9. The number of aryl methyl sites for hydroxylation is 3. The normalized spacial score (nSPS) is 12.9. The number of amides is 1. The molecule has 7 heteroatoms. The van der Waals surface area contributed by atoms with E-state index in [0.717, 1.165) is 48.1 Å². The number of carbonyl (C=O) groups excluding carboxylic acids is 2. The first-order valence-electron chi connectivity index (χ1n) is 10.3. The number of hydrogen-bond donors (Lipinski definition) is 1. The molecule has 1 aliphatic carbocycles. The van der Waals surface area contributed by atoms with Gasteiger partial charge in [0.2, 0.25) is 0 Å². The number of ether oxygens (including phenoxy) is 2. The van der Waals surface area contributed by atoms with Crippen LogP contribution in [0.25, 0.3) is 0 Å². The fourth-order valence-corrected chi connectivity index (χ4v) is 5.89. The van der Waals surface area contributed by atoms with Crippen molar-refractivity contribution in [1.29, 1.82) is 0 Å². The number of methoxy groups -OCH3 is 1. The van der Waals surface area contributed by atoms with Gasteiger partial charge in [-0.2, -0.15) is 0 Å². The van der Waals surface area contributed by atoms with Crippen LogP contribution >= 0.6 is 22.7 Å². The Morgan fingerprint density at radius 3 is 2.71 bits per heavy atom. The Morgan fingerprint density at radius 1 is 1.13 bits per heavy atom. The van der Waals surface area contributed by atoms with E-state index in [1.54, 1.807) is 0 Å². The van der Waals surface area contributed by atoms with E-state index in [-0.39, 0.29) is 11.9 Å². The Morgan fingerprint density at radius 2 is 1.94 bits per heavy atom. The Kier molecular flexibility index (Phi) is 6.43. The zero-order valence-corrected chi connectivity index (χ0v) is 19.5. The molecule has 2 aromatic heterocycles. The summed E-state index contributed by atoms with van der Waals surface area (Å²) in [4.78, 5) is 27.0. The second-order valence-corrected chi connectivity index (χ2v) is 9.75. The smallest absolute Gasteiger partial charge is 0.341 e. The highest BCUT2D eigenvalue weighted by molar-refractivity contribution is 7.17. The number of thiophene rings is 2. The van der Waals surface area contributed by atoms with Crippen molar-refractivity contribution in [3.63, 3.8) is 0 Å². The second kappa shape index (κ2) is 9.24. The maximum absolute atomic E-state index is 12.9. The number of hydrogen-bond acceptors (Lipinski definition) is 6. The highest BCUT2D eigenvalue weighted by Crippen LogP contribution is 2.39. The van der Waals surface area contributed by atoms with Crippen molar-refractivity contribution < 1.29 is 19.1 Å². The van der Waals surface area contributed by atoms with Gasteiger partial charge in [-0.3, -0.25) is 4.79 Å². The van der Waals surface area contributed by atoms with Crippen LogP contribution in [0.4, 0.5) is 5.00 Å². The predicted octanol–water partition coefficient (Wildman–Crippen LogP) is 5.92. The Balaban J connectivity index is 1.47. The third-order valence-corrected chi connectivity index (χ3v) is 7.58. The van der Waals surface area contributed by atoms with Crippen LogP contribution in [0.15, 0.2) is 29.6 Å². The van der Waals surface area contributed by atoms with E-state index in [1.807, 2.05) is 30.5 Å². The van der Waals surface area contributed by atoms with Crippen LogP contribution < -0.4 is 10.1 Å². The van der Waals surface area contributed by atoms with Crippen molar-refractivity contribution in [3.05, 3.63) is 67.2 Å². The Bertz CT molecular complexity index is 1130. The number of esters is 1. The highest BCUT2D eigenvalue weighted by atomic mass is 32.1. The summed E-state index contributed by atoms with van der Waals surface area (Å²) >= 11 is 2.86. The lowest BCUT2D eigenvalue weighted by Gasteiger charge is -2.11. The van der Waals surface area contributed by atoms with Gasteiger partial charge >= 0.3 is 5.97 Å². The van der Waals surface area contributed by atoms with E-state index in [0.29, 0.717) is 22.0 Å². The quantitative estimate of drug-likeness (QED) is 0.468. The van der Waals surface area contributed by atoms with Crippen molar-refractivity contribution in [1.82, 2.24) is 0 Å². The third-order valence-electron chi connectivity index (χ3n) is 5.39. The van der Waals surface area contributed by atoms with Crippen LogP contribution in [0, 0.1) is 13.8 Å². The summed E-state index contributed by atoms with van der Waals surface area (Å²) in [6.45, 7) is 4.47. The Hall–Kier alpha value is -2.64. The molecule has 0 unspecified atom stereocenters. The standard InChI is InChI=1S/C24H25NO4S2/c1-14-8-9-18(15(2)10-14)29-12-16-11-20(30-13-16)22(26)25-23-21(24(27)28-3)17-6-4-5-7-19(17)31-23/h8-11,13H,4-7,12H2,1-3H3,(H,25,26). The van der Waals surface area contributed by atoms with Gasteiger partial charge in [-0.1, -0.05) is 17.7 Å². The largest absolute Gasteiger partial charge is 0.489 e. The molecule has 0 saturated heterocycles. The number of fused-ring (bicyclic) bond motifs is 1. The molecule has 4 rings (SSSR count). The van der Waals surface area contributed by atoms with Crippen LogP contribution in [0.5, 0.6) is 5.75 Å². The minimum atomic E-state index is -0.386. The lowest BCUT2D eigenvalue weighted by Crippen LogP contribution is -2.14. The molecule has 1 N–H and O–H groups in total. The van der Waals surface area contributed by atoms with Gasteiger partial charge in [0.1, 0.15) is 17.4 Å². The van der Waals surface area contributed by atoms with Gasteiger partial charge < -0.3 is 14.8 Å². The molecule has 1 aromatic carbocycles. The van der Waals surface area contributed by atoms with Crippen molar-refractivity contribution in [2.75, 3.05) is 12.4 Å². The molecule has 0 fully saturated rings. The molecular weight excluding hydrogens is 430 g/mol. The van der Waals surface area contributed by atoms with E-state index in [4.69, 9.17) is 9.47 Å². The number of benzene rings is 1. The second-order valence-electron chi connectivity index (χ2n) is 7.74. The maximum atomic E-state index is 12.9. The van der Waals surface area contributed by atoms with Gasteiger partial charge in [-0.15, -0.1) is 22.7 Å². The molecule has 0 bridgehead atoms. The van der Waals surface area contributed by atoms with Gasteiger partial charge in [0.15, 0.2) is 0 Å². The van der Waals surface area contributed by atoms with Crippen LogP contribution in [0.2, 0.25) is 0 Å². The summed E-state index contributed by atoms with van der Waals surface area (Å²) in [5, 5.41) is 5.47. The maximum Gasteiger partial charge on any atom is 0.341 e. The van der Waals surface area contributed by atoms with E-state index in [9.17, 15) is 9.59 Å². The first kappa shape index (κ1) is 21.6. The summed E-state index contributed by atoms with van der Waals surface area (Å²) in [5.41, 5.74) is 4.78. The molecule has 0 radical (unpaired) electrons. The topological polar surface area (TPSA) is 64.6 Å². The molecule has 1 amide bonds. The first-order chi connectivity index (χ1) is 15.0. The average molecular weight is 456 g/mol. The van der Waals surface area contributed by atoms with Crippen molar-refractivity contribution in [2.24, 2.45) is 0 Å². The van der Waals surface area contributed by atoms with Gasteiger partial charge in [-0.25, -0.2) is 4.79 Å². The number of rotatable bonds is 6. The number of nitrogens with one attached hydrogen (secondary N) is 1. The highest BCUT2D eigenvalue weighted by Gasteiger charge is 2.27. The minimum absolute atomic E-state index is 0.216. The summed E-state index contributed by atoms with van der Waals surface area (Å²) in [6, 6.07) is 7.92. The molecule has 0 saturated carbocycles. The molecule has 31 heavy (non-hydrogen) atoms. The van der Waals surface area contributed by atoms with E-state index < -0.39 is 0 Å². The van der Waals surface area contributed by atoms with Crippen LogP contribution in [0.1, 0.15) is 60.0 Å². The molecule has 5 nitrogen and oxygen atoms in total. The van der Waals surface area contributed by atoms with Gasteiger partial charge in [-0.05, 0) is 68.2 Å². The molecule has 1 aliphatic rings. The zero-order chi connectivity index (χ0) is 22.0. The number of anilines is 1. The summed E-state index contributed by atoms with van der Waals surface area (Å²) in [5.74, 6) is 0.240. The van der Waals surface area contributed by atoms with E-state index >= 15 is 0 Å². The molecule has 0 atom stereocenters. The van der Waals surface area contributed by atoms with Gasteiger partial charge in [0.05, 0.1) is 17.6 Å². The fourth-order valence-electron chi connectivity index (χ4n) is 3.83. The third kappa shape index (κ3) is 4.67. The average Bonchev–Trinajstić information content (AvgIpc) is 3.37. The summed E-state index contributed by atoms with van der Waals surface area (Å²) < 4.78 is 10.9. The molecule has 0 spiro atoms. The van der Waals surface area contributed by atoms with Crippen molar-refractivity contribution in [3.8, 4) is 5.75 Å². The molecule has 162 valence electrons. The van der Waals surface area contributed by atoms with Crippen LogP contribution in [-0.4, -0.2) is 19.0 Å². The minimum Gasteiger partial charge on any atom is -0.489 e. The summed E-state index contributed by atoms with van der Waals surface area (Å²) in [6.07, 6.45) is 3.95. The fraction of sp³-hybridized carbons (Fsp3) is 0.333.